The van der Waals surface area contributed by atoms with E-state index in [1.165, 1.54) is 0 Å². The third-order valence-electron chi connectivity index (χ3n) is 5.56. The van der Waals surface area contributed by atoms with Crippen molar-refractivity contribution in [3.8, 4) is 0 Å². The first kappa shape index (κ1) is 22.6. The Morgan fingerprint density at radius 3 is 2.39 bits per heavy atom. The Bertz CT molecular complexity index is 1230. The lowest BCUT2D eigenvalue weighted by Crippen LogP contribution is -2.36. The van der Waals surface area contributed by atoms with E-state index in [-0.39, 0.29) is 6.54 Å². The molecular formula is C26H25N3O3S. The molecule has 6 nitrogen and oxygen atoms in total. The van der Waals surface area contributed by atoms with Gasteiger partial charge in [-0.05, 0) is 60.8 Å². The molecule has 0 unspecified atom stereocenters. The van der Waals surface area contributed by atoms with Crippen LogP contribution >= 0.6 is 11.8 Å². The summed E-state index contributed by atoms with van der Waals surface area (Å²) in [6.45, 7) is 5.70. The lowest BCUT2D eigenvalue weighted by Gasteiger charge is -2.20. The summed E-state index contributed by atoms with van der Waals surface area (Å²) < 4.78 is 0. The lowest BCUT2D eigenvalue weighted by molar-refractivity contribution is -0.127. The number of benzene rings is 3. The molecule has 1 aliphatic heterocycles. The van der Waals surface area contributed by atoms with Crippen molar-refractivity contribution in [2.24, 2.45) is 0 Å². The maximum atomic E-state index is 12.8. The predicted molar refractivity (Wildman–Crippen MR) is 135 cm³/mol. The first-order chi connectivity index (χ1) is 16.0. The summed E-state index contributed by atoms with van der Waals surface area (Å²) in [7, 11) is 0. The van der Waals surface area contributed by atoms with Crippen molar-refractivity contribution in [2.75, 3.05) is 29.9 Å². The molecule has 0 radical (unpaired) electrons. The van der Waals surface area contributed by atoms with E-state index in [9.17, 15) is 14.4 Å². The Labute approximate surface area is 197 Å². The summed E-state index contributed by atoms with van der Waals surface area (Å²) in [4.78, 5) is 41.4. The molecule has 1 heterocycles. The fourth-order valence-corrected chi connectivity index (χ4v) is 4.66. The second kappa shape index (κ2) is 9.92. The molecule has 1 aliphatic rings. The normalized spacial score (nSPS) is 14.8. The van der Waals surface area contributed by atoms with E-state index in [1.807, 2.05) is 60.7 Å². The number of anilines is 2. The zero-order valence-corrected chi connectivity index (χ0v) is 19.4. The second-order valence-corrected chi connectivity index (χ2v) is 8.60. The first-order valence-electron chi connectivity index (χ1n) is 10.9. The number of carbonyl (C=O) groups excluding carboxylic acids is 3. The van der Waals surface area contributed by atoms with Crippen molar-refractivity contribution >= 4 is 57.0 Å². The highest BCUT2D eigenvalue weighted by molar-refractivity contribution is 8.18. The van der Waals surface area contributed by atoms with Gasteiger partial charge in [0.05, 0.1) is 4.91 Å². The number of nitrogens with one attached hydrogen (secondary N) is 1. The van der Waals surface area contributed by atoms with Crippen LogP contribution in [0.25, 0.3) is 16.8 Å². The summed E-state index contributed by atoms with van der Waals surface area (Å²) in [5.74, 6) is -0.871. The Morgan fingerprint density at radius 1 is 0.970 bits per heavy atom. The predicted octanol–water partition coefficient (Wildman–Crippen LogP) is 5.36. The van der Waals surface area contributed by atoms with Crippen molar-refractivity contribution in [3.63, 3.8) is 0 Å². The van der Waals surface area contributed by atoms with Gasteiger partial charge < -0.3 is 10.2 Å². The standard InChI is InChI=1S/C26H25N3O3S/c1-3-28(4-2)20-14-12-18(13-15-20)16-23-25(31)29(26(32)33-23)17-24(30)27-22-11-7-9-19-8-5-6-10-21(19)22/h5-16H,3-4,17H2,1-2H3,(H,27,30)/b23-16+. The van der Waals surface area contributed by atoms with Crippen molar-refractivity contribution in [1.82, 2.24) is 4.90 Å². The Hall–Kier alpha value is -3.58. The largest absolute Gasteiger partial charge is 0.372 e. The van der Waals surface area contributed by atoms with Crippen molar-refractivity contribution in [2.45, 2.75) is 13.8 Å². The molecule has 1 saturated heterocycles. The molecule has 0 saturated carbocycles. The van der Waals surface area contributed by atoms with E-state index in [0.29, 0.717) is 10.6 Å². The summed E-state index contributed by atoms with van der Waals surface area (Å²) in [6, 6.07) is 21.2. The van der Waals surface area contributed by atoms with E-state index >= 15 is 0 Å². The van der Waals surface area contributed by atoms with E-state index in [4.69, 9.17) is 0 Å². The average Bonchev–Trinajstić information content (AvgIpc) is 3.08. The minimum Gasteiger partial charge on any atom is -0.372 e. The van der Waals surface area contributed by atoms with Crippen LogP contribution in [-0.2, 0) is 9.59 Å². The Balaban J connectivity index is 1.45. The maximum Gasteiger partial charge on any atom is 0.294 e. The van der Waals surface area contributed by atoms with E-state index in [0.717, 1.165) is 51.8 Å². The van der Waals surface area contributed by atoms with Crippen LogP contribution in [0, 0.1) is 0 Å². The molecule has 0 bridgehead atoms. The Morgan fingerprint density at radius 2 is 1.67 bits per heavy atom. The highest BCUT2D eigenvalue weighted by Gasteiger charge is 2.36. The number of fused-ring (bicyclic) bond motifs is 1. The van der Waals surface area contributed by atoms with Crippen LogP contribution in [0.5, 0.6) is 0 Å². The lowest BCUT2D eigenvalue weighted by atomic mass is 10.1. The maximum absolute atomic E-state index is 12.8. The molecule has 1 fully saturated rings. The SMILES string of the molecule is CCN(CC)c1ccc(/C=C2/SC(=O)N(CC(=O)Nc3cccc4ccccc34)C2=O)cc1. The van der Waals surface area contributed by atoms with Crippen LogP contribution in [-0.4, -0.2) is 41.6 Å². The van der Waals surface area contributed by atoms with E-state index in [2.05, 4.69) is 24.1 Å². The highest BCUT2D eigenvalue weighted by Crippen LogP contribution is 2.32. The number of amides is 3. The van der Waals surface area contributed by atoms with Crippen LogP contribution < -0.4 is 10.2 Å². The molecule has 7 heteroatoms. The molecular weight excluding hydrogens is 434 g/mol. The van der Waals surface area contributed by atoms with Gasteiger partial charge in [-0.25, -0.2) is 0 Å². The van der Waals surface area contributed by atoms with Gasteiger partial charge in [0.1, 0.15) is 6.54 Å². The molecule has 1 N–H and O–H groups in total. The quantitative estimate of drug-likeness (QED) is 0.482. The number of imide groups is 1. The molecule has 3 aromatic carbocycles. The topological polar surface area (TPSA) is 69.7 Å². The number of hydrogen-bond donors (Lipinski definition) is 1. The van der Waals surface area contributed by atoms with Crippen LogP contribution in [0.15, 0.2) is 71.6 Å². The van der Waals surface area contributed by atoms with Crippen LogP contribution in [0.3, 0.4) is 0 Å². The third-order valence-corrected chi connectivity index (χ3v) is 6.47. The first-order valence-corrected chi connectivity index (χ1v) is 11.7. The van der Waals surface area contributed by atoms with Gasteiger partial charge in [0.25, 0.3) is 11.1 Å². The van der Waals surface area contributed by atoms with E-state index < -0.39 is 17.1 Å². The monoisotopic (exact) mass is 459 g/mol. The van der Waals surface area contributed by atoms with Crippen molar-refractivity contribution in [1.29, 1.82) is 0 Å². The number of thioether (sulfide) groups is 1. The minimum atomic E-state index is -0.453. The fraction of sp³-hybridized carbons (Fsp3) is 0.192. The number of nitrogens with zero attached hydrogens (tertiary/aromatic N) is 2. The average molecular weight is 460 g/mol. The summed E-state index contributed by atoms with van der Waals surface area (Å²) in [5, 5.41) is 4.28. The minimum absolute atomic E-state index is 0.313. The molecule has 33 heavy (non-hydrogen) atoms. The van der Waals surface area contributed by atoms with E-state index in [1.54, 1.807) is 12.1 Å². The zero-order chi connectivity index (χ0) is 23.4. The zero-order valence-electron chi connectivity index (χ0n) is 18.6. The van der Waals surface area contributed by atoms with Gasteiger partial charge in [-0.15, -0.1) is 0 Å². The summed E-state index contributed by atoms with van der Waals surface area (Å²) in [6.07, 6.45) is 1.69. The molecule has 0 atom stereocenters. The van der Waals surface area contributed by atoms with Crippen LogP contribution in [0.1, 0.15) is 19.4 Å². The smallest absolute Gasteiger partial charge is 0.294 e. The van der Waals surface area contributed by atoms with Gasteiger partial charge in [-0.1, -0.05) is 48.5 Å². The van der Waals surface area contributed by atoms with Crippen molar-refractivity contribution in [3.05, 3.63) is 77.2 Å². The molecule has 0 aromatic heterocycles. The number of rotatable bonds is 7. The number of carbonyl (C=O) groups is 3. The molecule has 0 spiro atoms. The highest BCUT2D eigenvalue weighted by atomic mass is 32.2. The van der Waals surface area contributed by atoms with Gasteiger partial charge in [-0.2, -0.15) is 0 Å². The Kier molecular flexibility index (Phi) is 6.79. The molecule has 0 aliphatic carbocycles. The van der Waals surface area contributed by atoms with Gasteiger partial charge >= 0.3 is 0 Å². The van der Waals surface area contributed by atoms with Gasteiger partial charge in [-0.3, -0.25) is 19.3 Å². The molecule has 4 rings (SSSR count). The van der Waals surface area contributed by atoms with Crippen molar-refractivity contribution < 1.29 is 14.4 Å². The summed E-state index contributed by atoms with van der Waals surface area (Å²) in [5.41, 5.74) is 2.58. The van der Waals surface area contributed by atoms with Crippen LogP contribution in [0.4, 0.5) is 16.2 Å². The summed E-state index contributed by atoms with van der Waals surface area (Å²) >= 11 is 0.855. The molecule has 3 amide bonds. The number of hydrogen-bond acceptors (Lipinski definition) is 5. The molecule has 168 valence electrons. The van der Waals surface area contributed by atoms with Gasteiger partial charge in [0.15, 0.2) is 0 Å². The van der Waals surface area contributed by atoms with Gasteiger partial charge in [0, 0.05) is 29.9 Å². The fourth-order valence-electron chi connectivity index (χ4n) is 3.83. The van der Waals surface area contributed by atoms with Crippen LogP contribution in [0.2, 0.25) is 0 Å². The third kappa shape index (κ3) is 4.93. The molecule has 3 aromatic rings. The second-order valence-electron chi connectivity index (χ2n) is 7.61. The van der Waals surface area contributed by atoms with Gasteiger partial charge in [0.2, 0.25) is 5.91 Å².